The van der Waals surface area contributed by atoms with Crippen LogP contribution in [0, 0.1) is 0 Å². The van der Waals surface area contributed by atoms with Crippen LogP contribution in [0.1, 0.15) is 31.1 Å². The van der Waals surface area contributed by atoms with Crippen molar-refractivity contribution in [2.45, 2.75) is 26.4 Å². The van der Waals surface area contributed by atoms with Crippen molar-refractivity contribution in [2.24, 2.45) is 0 Å². The van der Waals surface area contributed by atoms with E-state index in [1.165, 1.54) is 18.2 Å². The van der Waals surface area contributed by atoms with Crippen LogP contribution >= 0.6 is 0 Å². The average Bonchev–Trinajstić information content (AvgIpc) is 2.06. The first-order valence-electron chi connectivity index (χ1n) is 4.61. The summed E-state index contributed by atoms with van der Waals surface area (Å²) in [4.78, 5) is 11.5. The lowest BCUT2D eigenvalue weighted by atomic mass is 10.1. The van der Waals surface area contributed by atoms with Gasteiger partial charge in [-0.2, -0.15) is 0 Å². The van der Waals surface area contributed by atoms with Gasteiger partial charge in [-0.3, -0.25) is 0 Å². The highest BCUT2D eigenvalue weighted by Gasteiger charge is 2.18. The number of ether oxygens (including phenoxy) is 1. The zero-order valence-corrected chi connectivity index (χ0v) is 9.07. The van der Waals surface area contributed by atoms with E-state index in [-0.39, 0.29) is 17.0 Å². The predicted octanol–water partition coefficient (Wildman–Crippen LogP) is 1.93. The third-order valence-electron chi connectivity index (χ3n) is 1.67. The number of rotatable bonds is 1. The molecule has 1 aromatic carbocycles. The molecule has 0 spiro atoms. The SMILES string of the molecule is CC(C)(C)OC(=O)c1ccc(N)c(O)c1. The fourth-order valence-electron chi connectivity index (χ4n) is 1.01. The van der Waals surface area contributed by atoms with Gasteiger partial charge in [0.25, 0.3) is 0 Å². The second-order valence-corrected chi connectivity index (χ2v) is 4.28. The highest BCUT2D eigenvalue weighted by molar-refractivity contribution is 5.90. The third-order valence-corrected chi connectivity index (χ3v) is 1.67. The second-order valence-electron chi connectivity index (χ2n) is 4.28. The molecule has 0 aromatic heterocycles. The average molecular weight is 209 g/mol. The van der Waals surface area contributed by atoms with Gasteiger partial charge in [0, 0.05) is 0 Å². The molecule has 0 fully saturated rings. The normalized spacial score (nSPS) is 11.1. The minimum atomic E-state index is -0.548. The van der Waals surface area contributed by atoms with E-state index in [0.717, 1.165) is 0 Å². The van der Waals surface area contributed by atoms with Crippen molar-refractivity contribution in [2.75, 3.05) is 5.73 Å². The van der Waals surface area contributed by atoms with Gasteiger partial charge in [0.05, 0.1) is 11.3 Å². The zero-order valence-electron chi connectivity index (χ0n) is 9.07. The van der Waals surface area contributed by atoms with E-state index < -0.39 is 11.6 Å². The monoisotopic (exact) mass is 209 g/mol. The molecule has 0 radical (unpaired) electrons. The van der Waals surface area contributed by atoms with E-state index in [9.17, 15) is 9.90 Å². The molecular formula is C11H15NO3. The number of hydrogen-bond acceptors (Lipinski definition) is 4. The Morgan fingerprint density at radius 3 is 2.47 bits per heavy atom. The van der Waals surface area contributed by atoms with Crippen LogP contribution in [0.4, 0.5) is 5.69 Å². The van der Waals surface area contributed by atoms with Crippen LogP contribution in [-0.4, -0.2) is 16.7 Å². The molecule has 0 aliphatic rings. The van der Waals surface area contributed by atoms with Crippen LogP contribution in [0.15, 0.2) is 18.2 Å². The van der Waals surface area contributed by atoms with Crippen LogP contribution in [-0.2, 0) is 4.74 Å². The van der Waals surface area contributed by atoms with Crippen molar-refractivity contribution < 1.29 is 14.6 Å². The highest BCUT2D eigenvalue weighted by Crippen LogP contribution is 2.22. The molecule has 1 aromatic rings. The Labute approximate surface area is 88.7 Å². The van der Waals surface area contributed by atoms with Crippen molar-refractivity contribution in [3.8, 4) is 5.75 Å². The number of esters is 1. The van der Waals surface area contributed by atoms with E-state index in [0.29, 0.717) is 0 Å². The van der Waals surface area contributed by atoms with Gasteiger partial charge in [-0.05, 0) is 39.0 Å². The van der Waals surface area contributed by atoms with Crippen molar-refractivity contribution in [3.05, 3.63) is 23.8 Å². The minimum absolute atomic E-state index is 0.113. The number of anilines is 1. The lowest BCUT2D eigenvalue weighted by Crippen LogP contribution is -2.23. The van der Waals surface area contributed by atoms with Gasteiger partial charge >= 0.3 is 5.97 Å². The van der Waals surface area contributed by atoms with E-state index in [1.807, 2.05) is 0 Å². The van der Waals surface area contributed by atoms with Crippen LogP contribution in [0.5, 0.6) is 5.75 Å². The minimum Gasteiger partial charge on any atom is -0.506 e. The van der Waals surface area contributed by atoms with Gasteiger partial charge in [0.1, 0.15) is 11.4 Å². The summed E-state index contributed by atoms with van der Waals surface area (Å²) in [6, 6.07) is 4.28. The molecule has 15 heavy (non-hydrogen) atoms. The molecule has 0 bridgehead atoms. The van der Waals surface area contributed by atoms with E-state index in [2.05, 4.69) is 0 Å². The number of carbonyl (C=O) groups excluding carboxylic acids is 1. The summed E-state index contributed by atoms with van der Waals surface area (Å²) < 4.78 is 5.13. The highest BCUT2D eigenvalue weighted by atomic mass is 16.6. The van der Waals surface area contributed by atoms with E-state index >= 15 is 0 Å². The van der Waals surface area contributed by atoms with Crippen molar-refractivity contribution in [1.82, 2.24) is 0 Å². The molecule has 0 saturated carbocycles. The third kappa shape index (κ3) is 3.16. The maximum atomic E-state index is 11.5. The fraction of sp³-hybridized carbons (Fsp3) is 0.364. The summed E-state index contributed by atoms with van der Waals surface area (Å²) in [6.45, 7) is 5.34. The number of carbonyl (C=O) groups is 1. The largest absolute Gasteiger partial charge is 0.506 e. The number of phenolic OH excluding ortho intramolecular Hbond substituents is 1. The second kappa shape index (κ2) is 3.81. The Kier molecular flexibility index (Phi) is 2.88. The molecule has 4 heteroatoms. The molecular weight excluding hydrogens is 194 g/mol. The number of phenols is 1. The number of aromatic hydroxyl groups is 1. The number of nitrogen functional groups attached to an aromatic ring is 1. The Balaban J connectivity index is 2.88. The van der Waals surface area contributed by atoms with Gasteiger partial charge in [-0.15, -0.1) is 0 Å². The fourth-order valence-corrected chi connectivity index (χ4v) is 1.01. The van der Waals surface area contributed by atoms with Gasteiger partial charge in [0.2, 0.25) is 0 Å². The molecule has 0 atom stereocenters. The standard InChI is InChI=1S/C11H15NO3/c1-11(2,3)15-10(14)7-4-5-8(12)9(13)6-7/h4-6,13H,12H2,1-3H3. The molecule has 3 N–H and O–H groups in total. The van der Waals surface area contributed by atoms with Crippen molar-refractivity contribution >= 4 is 11.7 Å². The Morgan fingerprint density at radius 1 is 1.40 bits per heavy atom. The maximum Gasteiger partial charge on any atom is 0.338 e. The molecule has 0 unspecified atom stereocenters. The molecule has 0 aliphatic heterocycles. The Bertz CT molecular complexity index is 380. The van der Waals surface area contributed by atoms with Gasteiger partial charge < -0.3 is 15.6 Å². The van der Waals surface area contributed by atoms with Gasteiger partial charge in [-0.1, -0.05) is 0 Å². The Morgan fingerprint density at radius 2 is 2.00 bits per heavy atom. The summed E-state index contributed by atoms with van der Waals surface area (Å²) >= 11 is 0. The number of nitrogens with two attached hydrogens (primary N) is 1. The summed E-state index contributed by atoms with van der Waals surface area (Å²) in [5.74, 6) is -0.587. The van der Waals surface area contributed by atoms with E-state index in [1.54, 1.807) is 20.8 Å². The summed E-state index contributed by atoms with van der Waals surface area (Å²) in [5.41, 5.74) is 5.39. The molecule has 4 nitrogen and oxygen atoms in total. The summed E-state index contributed by atoms with van der Waals surface area (Å²) in [7, 11) is 0. The topological polar surface area (TPSA) is 72.5 Å². The smallest absolute Gasteiger partial charge is 0.338 e. The first-order chi connectivity index (χ1) is 6.79. The summed E-state index contributed by atoms with van der Waals surface area (Å²) in [6.07, 6.45) is 0. The van der Waals surface area contributed by atoms with Crippen molar-refractivity contribution in [3.63, 3.8) is 0 Å². The van der Waals surface area contributed by atoms with Gasteiger partial charge in [0.15, 0.2) is 0 Å². The molecule has 0 saturated heterocycles. The lowest BCUT2D eigenvalue weighted by molar-refractivity contribution is 0.00692. The first-order valence-corrected chi connectivity index (χ1v) is 4.61. The summed E-state index contributed by atoms with van der Waals surface area (Å²) in [5, 5.41) is 9.31. The lowest BCUT2D eigenvalue weighted by Gasteiger charge is -2.19. The maximum absolute atomic E-state index is 11.5. The van der Waals surface area contributed by atoms with Crippen molar-refractivity contribution in [1.29, 1.82) is 0 Å². The molecule has 82 valence electrons. The molecule has 1 rings (SSSR count). The van der Waals surface area contributed by atoms with Gasteiger partial charge in [-0.25, -0.2) is 4.79 Å². The molecule has 0 amide bonds. The quantitative estimate of drug-likeness (QED) is 0.421. The van der Waals surface area contributed by atoms with Crippen LogP contribution in [0.2, 0.25) is 0 Å². The molecule has 0 heterocycles. The van der Waals surface area contributed by atoms with Crippen LogP contribution in [0.3, 0.4) is 0 Å². The first kappa shape index (κ1) is 11.4. The predicted molar refractivity (Wildman–Crippen MR) is 57.7 cm³/mol. The number of hydrogen-bond donors (Lipinski definition) is 2. The Hall–Kier alpha value is -1.71. The van der Waals surface area contributed by atoms with Crippen LogP contribution < -0.4 is 5.73 Å². The van der Waals surface area contributed by atoms with Crippen LogP contribution in [0.25, 0.3) is 0 Å². The van der Waals surface area contributed by atoms with E-state index in [4.69, 9.17) is 10.5 Å². The molecule has 0 aliphatic carbocycles. The number of benzene rings is 1. The zero-order chi connectivity index (χ0) is 11.6.